The molecule has 0 bridgehead atoms. The van der Waals surface area contributed by atoms with Crippen molar-refractivity contribution in [1.82, 2.24) is 4.98 Å². The average molecular weight is 274 g/mol. The Morgan fingerprint density at radius 2 is 2.11 bits per heavy atom. The highest BCUT2D eigenvalue weighted by molar-refractivity contribution is 7.13. The molecule has 3 rings (SSSR count). The van der Waals surface area contributed by atoms with Crippen molar-refractivity contribution in [2.24, 2.45) is 0 Å². The van der Waals surface area contributed by atoms with Crippen LogP contribution in [0.15, 0.2) is 35.7 Å². The molecule has 0 spiro atoms. The van der Waals surface area contributed by atoms with Gasteiger partial charge in [-0.2, -0.15) is 0 Å². The van der Waals surface area contributed by atoms with E-state index in [0.717, 1.165) is 16.4 Å². The van der Waals surface area contributed by atoms with E-state index in [-0.39, 0.29) is 0 Å². The smallest absolute Gasteiger partial charge is 0.185 e. The van der Waals surface area contributed by atoms with Crippen molar-refractivity contribution < 1.29 is 5.11 Å². The third-order valence-corrected chi connectivity index (χ3v) is 4.50. The van der Waals surface area contributed by atoms with Crippen molar-refractivity contribution in [2.75, 3.05) is 11.9 Å². The van der Waals surface area contributed by atoms with Gasteiger partial charge in [0.25, 0.3) is 0 Å². The van der Waals surface area contributed by atoms with E-state index in [2.05, 4.69) is 22.3 Å². The molecule has 1 unspecified atom stereocenters. The lowest BCUT2D eigenvalue weighted by Crippen LogP contribution is -2.19. The lowest BCUT2D eigenvalue weighted by Gasteiger charge is -2.14. The Labute approximate surface area is 117 Å². The van der Waals surface area contributed by atoms with Crippen LogP contribution in [0.1, 0.15) is 30.2 Å². The van der Waals surface area contributed by atoms with Crippen LogP contribution in [0.3, 0.4) is 0 Å². The molecule has 3 nitrogen and oxygen atoms in total. The molecular formula is C15H18N2OS. The molecule has 1 atom stereocenters. The summed E-state index contributed by atoms with van der Waals surface area (Å²) in [6, 6.07) is 10.4. The van der Waals surface area contributed by atoms with E-state index in [9.17, 15) is 5.11 Å². The fourth-order valence-corrected chi connectivity index (χ4v) is 3.04. The first-order valence-electron chi connectivity index (χ1n) is 6.64. The minimum absolute atomic E-state index is 0.470. The van der Waals surface area contributed by atoms with Gasteiger partial charge in [-0.25, -0.2) is 4.98 Å². The van der Waals surface area contributed by atoms with Gasteiger partial charge in [0.1, 0.15) is 0 Å². The number of aliphatic hydroxyl groups excluding tert-OH is 1. The Morgan fingerprint density at radius 3 is 2.79 bits per heavy atom. The first-order chi connectivity index (χ1) is 9.24. The van der Waals surface area contributed by atoms with Gasteiger partial charge in [0, 0.05) is 24.9 Å². The highest BCUT2D eigenvalue weighted by atomic mass is 32.1. The number of thiazole rings is 1. The summed E-state index contributed by atoms with van der Waals surface area (Å²) < 4.78 is 0. The van der Waals surface area contributed by atoms with E-state index in [0.29, 0.717) is 12.5 Å². The van der Waals surface area contributed by atoms with Gasteiger partial charge in [-0.1, -0.05) is 30.3 Å². The maximum absolute atomic E-state index is 10.2. The molecule has 4 heteroatoms. The summed E-state index contributed by atoms with van der Waals surface area (Å²) in [4.78, 5) is 6.87. The SMILES string of the molecule is CN(c1nc(CC(O)c2ccccc2)cs1)C1CC1. The minimum atomic E-state index is -0.470. The zero-order valence-electron chi connectivity index (χ0n) is 11.0. The third-order valence-electron chi connectivity index (χ3n) is 3.52. The standard InChI is InChI=1S/C15H18N2OS/c1-17(13-7-8-13)15-16-12(10-19-15)9-14(18)11-5-3-2-4-6-11/h2-6,10,13-14,18H,7-9H2,1H3. The minimum Gasteiger partial charge on any atom is -0.388 e. The summed E-state index contributed by atoms with van der Waals surface area (Å²) >= 11 is 1.67. The molecular weight excluding hydrogens is 256 g/mol. The Balaban J connectivity index is 1.66. The highest BCUT2D eigenvalue weighted by Crippen LogP contribution is 2.32. The maximum Gasteiger partial charge on any atom is 0.185 e. The van der Waals surface area contributed by atoms with Gasteiger partial charge in [-0.05, 0) is 18.4 Å². The first kappa shape index (κ1) is 12.6. The molecule has 1 aliphatic rings. The summed E-state index contributed by atoms with van der Waals surface area (Å²) in [5, 5.41) is 13.3. The van der Waals surface area contributed by atoms with E-state index in [1.807, 2.05) is 30.3 Å². The summed E-state index contributed by atoms with van der Waals surface area (Å²) in [6.45, 7) is 0. The second kappa shape index (κ2) is 5.31. The Bertz CT molecular complexity index is 536. The monoisotopic (exact) mass is 274 g/mol. The zero-order valence-corrected chi connectivity index (χ0v) is 11.8. The Hall–Kier alpha value is -1.39. The lowest BCUT2D eigenvalue weighted by molar-refractivity contribution is 0.177. The molecule has 0 aliphatic heterocycles. The molecule has 1 saturated carbocycles. The summed E-state index contributed by atoms with van der Waals surface area (Å²) in [5.74, 6) is 0. The molecule has 1 fully saturated rings. The Morgan fingerprint density at radius 1 is 1.37 bits per heavy atom. The fourth-order valence-electron chi connectivity index (χ4n) is 2.16. The predicted molar refractivity (Wildman–Crippen MR) is 78.6 cm³/mol. The van der Waals surface area contributed by atoms with E-state index < -0.39 is 6.10 Å². The Kier molecular flexibility index (Phi) is 3.53. The topological polar surface area (TPSA) is 36.4 Å². The number of rotatable bonds is 5. The van der Waals surface area contributed by atoms with Gasteiger partial charge < -0.3 is 10.0 Å². The van der Waals surface area contributed by atoms with Crippen LogP contribution < -0.4 is 4.90 Å². The van der Waals surface area contributed by atoms with Gasteiger partial charge in [-0.15, -0.1) is 11.3 Å². The van der Waals surface area contributed by atoms with E-state index in [1.165, 1.54) is 12.8 Å². The predicted octanol–water partition coefficient (Wildman–Crippen LogP) is 3.02. The van der Waals surface area contributed by atoms with E-state index in [1.54, 1.807) is 11.3 Å². The quantitative estimate of drug-likeness (QED) is 0.910. The van der Waals surface area contributed by atoms with Crippen molar-refractivity contribution in [3.8, 4) is 0 Å². The van der Waals surface area contributed by atoms with Crippen LogP contribution in [0.25, 0.3) is 0 Å². The van der Waals surface area contributed by atoms with Gasteiger partial charge in [0.05, 0.1) is 11.8 Å². The van der Waals surface area contributed by atoms with Gasteiger partial charge in [0.2, 0.25) is 0 Å². The molecule has 1 heterocycles. The van der Waals surface area contributed by atoms with Crippen molar-refractivity contribution >= 4 is 16.5 Å². The van der Waals surface area contributed by atoms with Gasteiger partial charge in [0.15, 0.2) is 5.13 Å². The largest absolute Gasteiger partial charge is 0.388 e. The molecule has 0 amide bonds. The molecule has 2 aromatic rings. The van der Waals surface area contributed by atoms with Gasteiger partial charge in [-0.3, -0.25) is 0 Å². The van der Waals surface area contributed by atoms with Crippen LogP contribution in [0.4, 0.5) is 5.13 Å². The number of aromatic nitrogens is 1. The molecule has 1 aromatic heterocycles. The van der Waals surface area contributed by atoms with Gasteiger partial charge >= 0.3 is 0 Å². The van der Waals surface area contributed by atoms with E-state index in [4.69, 9.17) is 0 Å². The van der Waals surface area contributed by atoms with Crippen LogP contribution in [0.5, 0.6) is 0 Å². The van der Waals surface area contributed by atoms with Crippen LogP contribution in [0.2, 0.25) is 0 Å². The van der Waals surface area contributed by atoms with Crippen molar-refractivity contribution in [1.29, 1.82) is 0 Å². The average Bonchev–Trinajstić information content (AvgIpc) is 3.19. The maximum atomic E-state index is 10.2. The number of benzene rings is 1. The second-order valence-electron chi connectivity index (χ2n) is 5.09. The van der Waals surface area contributed by atoms with Crippen LogP contribution in [-0.4, -0.2) is 23.2 Å². The third kappa shape index (κ3) is 2.96. The molecule has 1 aliphatic carbocycles. The number of hydrogen-bond donors (Lipinski definition) is 1. The zero-order chi connectivity index (χ0) is 13.2. The summed E-state index contributed by atoms with van der Waals surface area (Å²) in [7, 11) is 2.11. The number of anilines is 1. The fraction of sp³-hybridized carbons (Fsp3) is 0.400. The molecule has 19 heavy (non-hydrogen) atoms. The molecule has 0 radical (unpaired) electrons. The van der Waals surface area contributed by atoms with Crippen LogP contribution in [-0.2, 0) is 6.42 Å². The number of hydrogen-bond acceptors (Lipinski definition) is 4. The molecule has 1 aromatic carbocycles. The molecule has 0 saturated heterocycles. The number of nitrogens with zero attached hydrogens (tertiary/aromatic N) is 2. The number of aliphatic hydroxyl groups is 1. The van der Waals surface area contributed by atoms with Crippen molar-refractivity contribution in [2.45, 2.75) is 31.4 Å². The lowest BCUT2D eigenvalue weighted by atomic mass is 10.1. The van der Waals surface area contributed by atoms with Crippen molar-refractivity contribution in [3.05, 3.63) is 47.0 Å². The first-order valence-corrected chi connectivity index (χ1v) is 7.52. The molecule has 100 valence electrons. The highest BCUT2D eigenvalue weighted by Gasteiger charge is 2.28. The second-order valence-corrected chi connectivity index (χ2v) is 5.93. The van der Waals surface area contributed by atoms with Crippen LogP contribution >= 0.6 is 11.3 Å². The van der Waals surface area contributed by atoms with Crippen LogP contribution in [0, 0.1) is 0 Å². The molecule has 1 N–H and O–H groups in total. The van der Waals surface area contributed by atoms with Crippen molar-refractivity contribution in [3.63, 3.8) is 0 Å². The summed E-state index contributed by atoms with van der Waals surface area (Å²) in [6.07, 6.45) is 2.66. The normalized spacial score (nSPS) is 16.3. The summed E-state index contributed by atoms with van der Waals surface area (Å²) in [5.41, 5.74) is 1.93. The van der Waals surface area contributed by atoms with E-state index >= 15 is 0 Å².